The van der Waals surface area contributed by atoms with Gasteiger partial charge < -0.3 is 35.9 Å². The average Bonchev–Trinajstić information content (AvgIpc) is 3.75. The van der Waals surface area contributed by atoms with Crippen molar-refractivity contribution in [2.24, 2.45) is 5.73 Å². The molecule has 4 aromatic carbocycles. The molecule has 51 heavy (non-hydrogen) atoms. The Hall–Kier alpha value is -7.03. The van der Waals surface area contributed by atoms with E-state index in [1.807, 2.05) is 30.3 Å². The first-order chi connectivity index (χ1) is 24.6. The Morgan fingerprint density at radius 3 is 2.43 bits per heavy atom. The molecule has 6 aromatic rings. The van der Waals surface area contributed by atoms with E-state index in [2.05, 4.69) is 25.9 Å². The molecule has 2 heterocycles. The number of anilines is 1. The molecule has 0 spiro atoms. The number of nitrogens with zero attached hydrogens (tertiary/aromatic N) is 5. The number of phenolic OH excluding ortho intramolecular Hbond substituents is 2. The lowest BCUT2D eigenvalue weighted by Crippen LogP contribution is -2.28. The highest BCUT2D eigenvalue weighted by Gasteiger charge is 2.24. The third kappa shape index (κ3) is 8.34. The van der Waals surface area contributed by atoms with Crippen molar-refractivity contribution in [3.05, 3.63) is 120 Å². The fourth-order valence-electron chi connectivity index (χ4n) is 5.24. The SMILES string of the molecule is NC(=O)CC[C@H](C(=O)Nc1cccc(Oc2ccccc2)c1)n1cc(CNC(=O)c2ccc3ncn(CC(=O)c4ccc(O)c(O)c4)c3c2)nn1. The van der Waals surface area contributed by atoms with Crippen molar-refractivity contribution in [2.75, 3.05) is 5.32 Å². The smallest absolute Gasteiger partial charge is 0.251 e. The van der Waals surface area contributed by atoms with Crippen molar-refractivity contribution < 1.29 is 34.1 Å². The summed E-state index contributed by atoms with van der Waals surface area (Å²) < 4.78 is 8.76. The van der Waals surface area contributed by atoms with Crippen molar-refractivity contribution in [3.63, 3.8) is 0 Å². The zero-order chi connectivity index (χ0) is 35.9. The number of nitrogens with one attached hydrogen (secondary N) is 2. The fourth-order valence-corrected chi connectivity index (χ4v) is 5.24. The Labute approximate surface area is 290 Å². The largest absolute Gasteiger partial charge is 0.504 e. The quantitative estimate of drug-likeness (QED) is 0.0816. The number of carbonyl (C=O) groups excluding carboxylic acids is 4. The molecule has 0 saturated heterocycles. The van der Waals surface area contributed by atoms with Crippen LogP contribution < -0.4 is 21.1 Å². The molecular weight excluding hydrogens is 656 g/mol. The van der Waals surface area contributed by atoms with E-state index in [4.69, 9.17) is 10.5 Å². The van der Waals surface area contributed by atoms with Crippen LogP contribution in [0.25, 0.3) is 11.0 Å². The molecular formula is C36H32N8O7. The number of para-hydroxylation sites is 1. The molecule has 0 saturated carbocycles. The zero-order valence-electron chi connectivity index (χ0n) is 27.0. The van der Waals surface area contributed by atoms with E-state index >= 15 is 0 Å². The van der Waals surface area contributed by atoms with Gasteiger partial charge >= 0.3 is 0 Å². The van der Waals surface area contributed by atoms with Gasteiger partial charge in [-0.2, -0.15) is 0 Å². The van der Waals surface area contributed by atoms with Crippen molar-refractivity contribution in [3.8, 4) is 23.0 Å². The highest BCUT2D eigenvalue weighted by Crippen LogP contribution is 2.27. The molecule has 0 aliphatic heterocycles. The van der Waals surface area contributed by atoms with E-state index in [0.717, 1.165) is 0 Å². The Balaban J connectivity index is 1.11. The summed E-state index contributed by atoms with van der Waals surface area (Å²) in [5.41, 5.74) is 7.79. The molecule has 6 N–H and O–H groups in total. The molecule has 15 nitrogen and oxygen atoms in total. The van der Waals surface area contributed by atoms with E-state index in [-0.39, 0.29) is 43.0 Å². The molecule has 0 aliphatic carbocycles. The van der Waals surface area contributed by atoms with E-state index < -0.39 is 29.5 Å². The standard InChI is InChI=1S/C36H32N8O7/c37-34(48)14-12-29(36(50)40-24-5-4-8-27(17-24)51-26-6-2-1-3-7-26)44-19-25(41-42-44)18-38-35(49)23-9-11-28-30(15-23)43(21-39-28)20-33(47)22-10-13-31(45)32(46)16-22/h1-11,13,15-17,19,21,29,45-46H,12,14,18,20H2,(H2,37,48)(H,38,49)(H,40,50)/t29-/m1/s1. The van der Waals surface area contributed by atoms with Gasteiger partial charge in [-0.1, -0.05) is 29.5 Å². The summed E-state index contributed by atoms with van der Waals surface area (Å²) in [6.45, 7) is -0.145. The van der Waals surface area contributed by atoms with Gasteiger partial charge in [0.05, 0.1) is 36.6 Å². The molecule has 0 bridgehead atoms. The summed E-state index contributed by atoms with van der Waals surface area (Å²) in [4.78, 5) is 55.3. The molecule has 0 fully saturated rings. The minimum atomic E-state index is -0.941. The van der Waals surface area contributed by atoms with Gasteiger partial charge in [0, 0.05) is 29.3 Å². The minimum Gasteiger partial charge on any atom is -0.504 e. The number of imidazole rings is 1. The Kier molecular flexibility index (Phi) is 9.98. The molecule has 2 aromatic heterocycles. The number of amides is 3. The van der Waals surface area contributed by atoms with E-state index in [0.29, 0.717) is 39.5 Å². The van der Waals surface area contributed by atoms with Gasteiger partial charge in [0.2, 0.25) is 11.8 Å². The van der Waals surface area contributed by atoms with Gasteiger partial charge in [-0.05, 0) is 67.1 Å². The van der Waals surface area contributed by atoms with Crippen molar-refractivity contribution in [2.45, 2.75) is 32.0 Å². The van der Waals surface area contributed by atoms with Crippen LogP contribution in [0.5, 0.6) is 23.0 Å². The second-order valence-electron chi connectivity index (χ2n) is 11.5. The lowest BCUT2D eigenvalue weighted by Gasteiger charge is -2.16. The number of Topliss-reactive ketones (excluding diaryl/α,β-unsaturated/α-hetero) is 1. The number of ether oxygens (including phenoxy) is 1. The maximum Gasteiger partial charge on any atom is 0.251 e. The van der Waals surface area contributed by atoms with E-state index in [9.17, 15) is 29.4 Å². The van der Waals surface area contributed by atoms with Crippen LogP contribution in [0.4, 0.5) is 5.69 Å². The summed E-state index contributed by atoms with van der Waals surface area (Å²) >= 11 is 0. The topological polar surface area (TPSA) is 217 Å². The fraction of sp³-hybridized carbons (Fsp3) is 0.139. The van der Waals surface area contributed by atoms with Crippen LogP contribution in [0.1, 0.15) is 45.3 Å². The maximum atomic E-state index is 13.4. The molecule has 258 valence electrons. The number of fused-ring (bicyclic) bond motifs is 1. The second-order valence-corrected chi connectivity index (χ2v) is 11.5. The number of aromatic nitrogens is 5. The van der Waals surface area contributed by atoms with Crippen LogP contribution >= 0.6 is 0 Å². The van der Waals surface area contributed by atoms with Crippen LogP contribution in [-0.4, -0.2) is 58.3 Å². The number of nitrogens with two attached hydrogens (primary N) is 1. The summed E-state index contributed by atoms with van der Waals surface area (Å²) in [5.74, 6) is -1.41. The summed E-state index contributed by atoms with van der Waals surface area (Å²) in [5, 5.41) is 33.1. The predicted molar refractivity (Wildman–Crippen MR) is 184 cm³/mol. The number of primary amides is 1. The second kappa shape index (κ2) is 15.0. The van der Waals surface area contributed by atoms with Crippen LogP contribution in [0.15, 0.2) is 104 Å². The number of carbonyl (C=O) groups is 4. The van der Waals surface area contributed by atoms with Crippen molar-refractivity contribution in [1.82, 2.24) is 29.9 Å². The van der Waals surface area contributed by atoms with E-state index in [1.165, 1.54) is 35.4 Å². The summed E-state index contributed by atoms with van der Waals surface area (Å²) in [7, 11) is 0. The highest BCUT2D eigenvalue weighted by atomic mass is 16.5. The lowest BCUT2D eigenvalue weighted by atomic mass is 10.1. The number of hydrogen-bond donors (Lipinski definition) is 5. The summed E-state index contributed by atoms with van der Waals surface area (Å²) in [6.07, 6.45) is 2.96. The maximum absolute atomic E-state index is 13.4. The van der Waals surface area contributed by atoms with Crippen LogP contribution in [0.3, 0.4) is 0 Å². The van der Waals surface area contributed by atoms with Gasteiger partial charge in [0.15, 0.2) is 17.3 Å². The molecule has 15 heteroatoms. The van der Waals surface area contributed by atoms with Gasteiger partial charge in [0.1, 0.15) is 23.2 Å². The molecule has 6 rings (SSSR count). The first kappa shape index (κ1) is 33.9. The third-order valence-electron chi connectivity index (χ3n) is 7.85. The third-order valence-corrected chi connectivity index (χ3v) is 7.85. The van der Waals surface area contributed by atoms with Gasteiger partial charge in [0.25, 0.3) is 5.91 Å². The number of benzene rings is 4. The lowest BCUT2D eigenvalue weighted by molar-refractivity contribution is -0.120. The van der Waals surface area contributed by atoms with E-state index in [1.54, 1.807) is 47.0 Å². The normalized spacial score (nSPS) is 11.5. The number of phenols is 2. The van der Waals surface area contributed by atoms with Gasteiger partial charge in [-0.25, -0.2) is 9.67 Å². The van der Waals surface area contributed by atoms with Crippen molar-refractivity contribution >= 4 is 40.2 Å². The Morgan fingerprint density at radius 1 is 0.863 bits per heavy atom. The zero-order valence-corrected chi connectivity index (χ0v) is 27.0. The van der Waals surface area contributed by atoms with Crippen LogP contribution in [-0.2, 0) is 22.7 Å². The first-order valence-electron chi connectivity index (χ1n) is 15.7. The Bertz CT molecular complexity index is 2230. The Morgan fingerprint density at radius 2 is 1.65 bits per heavy atom. The average molecular weight is 689 g/mol. The number of aromatic hydroxyl groups is 2. The van der Waals surface area contributed by atoms with Crippen LogP contribution in [0, 0.1) is 0 Å². The highest BCUT2D eigenvalue weighted by molar-refractivity contribution is 5.99. The molecule has 0 aliphatic rings. The summed E-state index contributed by atoms with van der Waals surface area (Å²) in [6, 6.07) is 23.8. The van der Waals surface area contributed by atoms with Gasteiger partial charge in [-0.15, -0.1) is 5.10 Å². The number of ketones is 1. The molecule has 0 unspecified atom stereocenters. The van der Waals surface area contributed by atoms with Gasteiger partial charge in [-0.3, -0.25) is 19.2 Å². The predicted octanol–water partition coefficient (Wildman–Crippen LogP) is 4.09. The molecule has 3 amide bonds. The van der Waals surface area contributed by atoms with Crippen LogP contribution in [0.2, 0.25) is 0 Å². The number of rotatable bonds is 14. The number of hydrogen-bond acceptors (Lipinski definition) is 10. The minimum absolute atomic E-state index is 0.0258. The van der Waals surface area contributed by atoms with Crippen molar-refractivity contribution in [1.29, 1.82) is 0 Å². The monoisotopic (exact) mass is 688 g/mol. The molecule has 0 radical (unpaired) electrons. The molecule has 1 atom stereocenters. The first-order valence-corrected chi connectivity index (χ1v) is 15.7.